The van der Waals surface area contributed by atoms with Crippen LogP contribution in [0.2, 0.25) is 0 Å². The first kappa shape index (κ1) is 41.4. The van der Waals surface area contributed by atoms with Crippen LogP contribution in [0.15, 0.2) is 151 Å². The molecular formula is C45H48N5O7+. The second-order valence-corrected chi connectivity index (χ2v) is 13.4. The van der Waals surface area contributed by atoms with Gasteiger partial charge in [-0.05, 0) is 59.9 Å². The van der Waals surface area contributed by atoms with E-state index in [4.69, 9.17) is 25.7 Å². The van der Waals surface area contributed by atoms with Crippen molar-refractivity contribution in [3.8, 4) is 5.75 Å². The van der Waals surface area contributed by atoms with E-state index in [1.54, 1.807) is 128 Å². The SMILES string of the molecule is COc1ccc([C@@H](C)[N@+](C(=O)OCc2ccccc2)(C(=O)C(c2ccccc2)c2ccccc2)[C@H](CCCN=C(N)N)C(=O)NC(=O)OCc2ccccc2)cc1. The van der Waals surface area contributed by atoms with Crippen molar-refractivity contribution in [2.24, 2.45) is 16.5 Å². The summed E-state index contributed by atoms with van der Waals surface area (Å²) in [6.45, 7) is 1.43. The van der Waals surface area contributed by atoms with E-state index in [9.17, 15) is 9.59 Å². The molecule has 5 N–H and O–H groups in total. The van der Waals surface area contributed by atoms with Gasteiger partial charge < -0.3 is 25.7 Å². The molecule has 5 aromatic rings. The third-order valence-electron chi connectivity index (χ3n) is 9.76. The summed E-state index contributed by atoms with van der Waals surface area (Å²) in [6, 6.07) is 40.3. The molecule has 3 atom stereocenters. The molecule has 5 rings (SSSR count). The Hall–Kier alpha value is -6.79. The van der Waals surface area contributed by atoms with Crippen molar-refractivity contribution in [2.45, 2.75) is 51.0 Å². The monoisotopic (exact) mass is 770 g/mol. The number of quaternary nitrogens is 1. The van der Waals surface area contributed by atoms with Crippen molar-refractivity contribution < 1.29 is 37.9 Å². The number of carbonyl (C=O) groups is 4. The first-order valence-corrected chi connectivity index (χ1v) is 18.6. The molecule has 0 bridgehead atoms. The van der Waals surface area contributed by atoms with Gasteiger partial charge in [0.1, 0.15) is 30.9 Å². The van der Waals surface area contributed by atoms with Gasteiger partial charge in [0.15, 0.2) is 12.0 Å². The van der Waals surface area contributed by atoms with Crippen molar-refractivity contribution >= 4 is 30.0 Å². The molecule has 0 aromatic heterocycles. The minimum atomic E-state index is -1.56. The Bertz CT molecular complexity index is 2060. The summed E-state index contributed by atoms with van der Waals surface area (Å²) >= 11 is 0. The van der Waals surface area contributed by atoms with Crippen LogP contribution in [0.4, 0.5) is 9.59 Å². The second kappa shape index (κ2) is 20.2. The topological polar surface area (TPSA) is 172 Å². The fraction of sp³-hybridized carbons (Fsp3) is 0.222. The van der Waals surface area contributed by atoms with Crippen LogP contribution in [-0.2, 0) is 32.3 Å². The number of alkyl carbamates (subject to hydrolysis) is 1. The highest BCUT2D eigenvalue weighted by Gasteiger charge is 2.61. The van der Waals surface area contributed by atoms with Crippen molar-refractivity contribution in [3.05, 3.63) is 173 Å². The number of amides is 4. The number of carbonyl (C=O) groups excluding carboxylic acids is 4. The molecule has 0 radical (unpaired) electrons. The highest BCUT2D eigenvalue weighted by Crippen LogP contribution is 2.42. The lowest BCUT2D eigenvalue weighted by molar-refractivity contribution is -0.831. The summed E-state index contributed by atoms with van der Waals surface area (Å²) in [6.07, 6.45) is -2.03. The summed E-state index contributed by atoms with van der Waals surface area (Å²) in [5.41, 5.74) is 14.3. The number of nitrogens with one attached hydrogen (secondary N) is 1. The third-order valence-corrected chi connectivity index (χ3v) is 9.76. The molecule has 5 aromatic carbocycles. The van der Waals surface area contributed by atoms with E-state index in [-0.39, 0.29) is 38.6 Å². The molecular weight excluding hydrogens is 723 g/mol. The van der Waals surface area contributed by atoms with Gasteiger partial charge in [-0.1, -0.05) is 121 Å². The van der Waals surface area contributed by atoms with Gasteiger partial charge in [0.05, 0.1) is 7.11 Å². The zero-order valence-corrected chi connectivity index (χ0v) is 32.0. The highest BCUT2D eigenvalue weighted by molar-refractivity contribution is 5.98. The predicted molar refractivity (Wildman–Crippen MR) is 216 cm³/mol. The molecule has 4 amide bonds. The van der Waals surface area contributed by atoms with Crippen molar-refractivity contribution in [1.82, 2.24) is 5.32 Å². The summed E-state index contributed by atoms with van der Waals surface area (Å²) in [7, 11) is 1.53. The van der Waals surface area contributed by atoms with Crippen LogP contribution >= 0.6 is 0 Å². The third kappa shape index (κ3) is 10.5. The van der Waals surface area contributed by atoms with Crippen LogP contribution in [-0.4, -0.2) is 54.1 Å². The number of benzene rings is 5. The number of hydrogen-bond donors (Lipinski definition) is 3. The van der Waals surface area contributed by atoms with Crippen LogP contribution in [0.5, 0.6) is 5.75 Å². The zero-order chi connectivity index (χ0) is 40.6. The van der Waals surface area contributed by atoms with Gasteiger partial charge in [-0.3, -0.25) is 15.1 Å². The summed E-state index contributed by atoms with van der Waals surface area (Å²) in [4.78, 5) is 63.9. The number of aliphatic imine (C=N–C) groups is 1. The molecule has 12 nitrogen and oxygen atoms in total. The number of methoxy groups -OCH3 is 1. The van der Waals surface area contributed by atoms with E-state index >= 15 is 9.59 Å². The molecule has 0 saturated heterocycles. The lowest BCUT2D eigenvalue weighted by Gasteiger charge is -2.43. The van der Waals surface area contributed by atoms with E-state index < -0.39 is 46.5 Å². The Kier molecular flexibility index (Phi) is 14.7. The maximum atomic E-state index is 16.1. The number of hydrogen-bond acceptors (Lipinski definition) is 8. The largest absolute Gasteiger partial charge is 0.525 e. The standard InChI is InChI=1S/C45H47N5O7/c1-32(35-25-27-38(55-2)28-26-35)50(45(54)57-31-34-18-9-4-10-19-34,42(52)40(36-20-11-5-12-21-36)37-22-13-6-14-23-37)39(24-15-29-48-43(46)47)41(51)49-44(53)56-30-33-16-7-3-8-17-33/h3-14,16-23,25-28,32,39-40H,15,24,29-31H2,1-2H3,(H4-,46,47,48,49,51,53)/p+1/t32-,39-,50-/m1/s1. The first-order chi connectivity index (χ1) is 27.6. The van der Waals surface area contributed by atoms with Crippen molar-refractivity contribution in [2.75, 3.05) is 13.7 Å². The number of imide groups is 2. The molecule has 0 fully saturated rings. The smallest absolute Gasteiger partial charge is 0.497 e. The Morgan fingerprint density at radius 2 is 1.16 bits per heavy atom. The molecule has 57 heavy (non-hydrogen) atoms. The van der Waals surface area contributed by atoms with E-state index in [1.807, 2.05) is 24.3 Å². The predicted octanol–water partition coefficient (Wildman–Crippen LogP) is 7.14. The van der Waals surface area contributed by atoms with Gasteiger partial charge in [0.25, 0.3) is 5.91 Å². The molecule has 0 unspecified atom stereocenters. The normalized spacial score (nSPS) is 13.0. The van der Waals surface area contributed by atoms with E-state index in [2.05, 4.69) is 10.3 Å². The minimum Gasteiger partial charge on any atom is -0.497 e. The van der Waals surface area contributed by atoms with E-state index in [1.165, 1.54) is 7.11 Å². The summed E-state index contributed by atoms with van der Waals surface area (Å²) < 4.78 is 15.8. The molecule has 0 saturated carbocycles. The summed E-state index contributed by atoms with van der Waals surface area (Å²) in [5.74, 6) is -2.28. The van der Waals surface area contributed by atoms with Crippen LogP contribution in [0.3, 0.4) is 0 Å². The fourth-order valence-corrected chi connectivity index (χ4v) is 6.87. The maximum absolute atomic E-state index is 16.1. The van der Waals surface area contributed by atoms with Gasteiger partial charge in [-0.2, -0.15) is 4.79 Å². The fourth-order valence-electron chi connectivity index (χ4n) is 6.87. The second-order valence-electron chi connectivity index (χ2n) is 13.4. The van der Waals surface area contributed by atoms with Crippen molar-refractivity contribution in [3.63, 3.8) is 0 Å². The first-order valence-electron chi connectivity index (χ1n) is 18.6. The molecule has 0 aliphatic heterocycles. The van der Waals surface area contributed by atoms with Gasteiger partial charge in [0.2, 0.25) is 0 Å². The van der Waals surface area contributed by atoms with E-state index in [0.717, 1.165) is 0 Å². The zero-order valence-electron chi connectivity index (χ0n) is 32.0. The van der Waals surface area contributed by atoms with Crippen molar-refractivity contribution in [1.29, 1.82) is 0 Å². The van der Waals surface area contributed by atoms with Crippen LogP contribution in [0.25, 0.3) is 0 Å². The van der Waals surface area contributed by atoms with Gasteiger partial charge in [-0.15, -0.1) is 4.48 Å². The number of guanidine groups is 1. The van der Waals surface area contributed by atoms with Crippen LogP contribution < -0.4 is 21.5 Å². The van der Waals surface area contributed by atoms with Gasteiger partial charge >= 0.3 is 18.1 Å². The van der Waals surface area contributed by atoms with Crippen LogP contribution in [0, 0.1) is 0 Å². The average molecular weight is 771 g/mol. The molecule has 0 aliphatic carbocycles. The lowest BCUT2D eigenvalue weighted by atomic mass is 9.86. The minimum absolute atomic E-state index is 0.0650. The van der Waals surface area contributed by atoms with Gasteiger partial charge in [0, 0.05) is 18.5 Å². The lowest BCUT2D eigenvalue weighted by Crippen LogP contribution is -2.69. The Morgan fingerprint density at radius 1 is 0.667 bits per heavy atom. The van der Waals surface area contributed by atoms with Crippen LogP contribution in [0.1, 0.15) is 59.5 Å². The molecule has 12 heteroatoms. The number of ether oxygens (including phenoxy) is 3. The molecule has 0 aliphatic rings. The average Bonchev–Trinajstić information content (AvgIpc) is 3.24. The van der Waals surface area contributed by atoms with Gasteiger partial charge in [-0.25, -0.2) is 9.59 Å². The highest BCUT2D eigenvalue weighted by atomic mass is 16.6. The summed E-state index contributed by atoms with van der Waals surface area (Å²) in [5, 5.41) is 2.35. The molecule has 0 spiro atoms. The molecule has 0 heterocycles. The molecule has 294 valence electrons. The Labute approximate surface area is 332 Å². The van der Waals surface area contributed by atoms with E-state index in [0.29, 0.717) is 33.6 Å². The number of nitrogens with zero attached hydrogens (tertiary/aromatic N) is 2. The quantitative estimate of drug-likeness (QED) is 0.0408. The maximum Gasteiger partial charge on any atom is 0.525 e. The Balaban J connectivity index is 1.73. The number of rotatable bonds is 16. The number of nitrogens with two attached hydrogens (primary N) is 2. The Morgan fingerprint density at radius 3 is 1.65 bits per heavy atom.